The Morgan fingerprint density at radius 3 is 2.78 bits per heavy atom. The lowest BCUT2D eigenvalue weighted by Crippen LogP contribution is -2.50. The highest BCUT2D eigenvalue weighted by atomic mass is 16.6. The average molecular weight is 256 g/mol. The van der Waals surface area contributed by atoms with Gasteiger partial charge in [-0.15, -0.1) is 0 Å². The Bertz CT molecular complexity index is 326. The fourth-order valence-electron chi connectivity index (χ4n) is 2.15. The number of rotatable bonds is 3. The van der Waals surface area contributed by atoms with E-state index >= 15 is 0 Å². The molecule has 2 aliphatic rings. The van der Waals surface area contributed by atoms with Crippen LogP contribution in [-0.4, -0.2) is 73.9 Å². The van der Waals surface area contributed by atoms with E-state index in [0.717, 1.165) is 19.6 Å². The first-order valence-corrected chi connectivity index (χ1v) is 6.29. The molecule has 0 bridgehead atoms. The summed E-state index contributed by atoms with van der Waals surface area (Å²) in [5.41, 5.74) is 5.47. The van der Waals surface area contributed by atoms with Crippen LogP contribution in [0, 0.1) is 0 Å². The number of amides is 1. The summed E-state index contributed by atoms with van der Waals surface area (Å²) in [4.78, 5) is 19.5. The number of hydrogen-bond donors (Lipinski definition) is 1. The normalized spacial score (nSPS) is 24.6. The van der Waals surface area contributed by atoms with Gasteiger partial charge in [0.1, 0.15) is 6.10 Å². The van der Waals surface area contributed by atoms with Crippen molar-refractivity contribution in [2.24, 2.45) is 10.7 Å². The fraction of sp³-hybridized carbons (Fsp3) is 0.818. The van der Waals surface area contributed by atoms with Gasteiger partial charge in [-0.1, -0.05) is 0 Å². The van der Waals surface area contributed by atoms with Crippen LogP contribution in [0.25, 0.3) is 0 Å². The Kier molecular flexibility index (Phi) is 4.24. The Hall–Kier alpha value is -1.50. The van der Waals surface area contributed by atoms with Gasteiger partial charge in [0.2, 0.25) is 0 Å². The summed E-state index contributed by atoms with van der Waals surface area (Å²) in [5, 5.41) is 0. The smallest absolute Gasteiger partial charge is 0.409 e. The summed E-state index contributed by atoms with van der Waals surface area (Å²) >= 11 is 0. The Balaban J connectivity index is 1.69. The zero-order chi connectivity index (χ0) is 13.0. The fourth-order valence-corrected chi connectivity index (χ4v) is 2.15. The van der Waals surface area contributed by atoms with Crippen LogP contribution in [0.1, 0.15) is 6.92 Å². The zero-order valence-electron chi connectivity index (χ0n) is 10.7. The first kappa shape index (κ1) is 12.9. The van der Waals surface area contributed by atoms with Crippen molar-refractivity contribution in [1.82, 2.24) is 9.80 Å². The molecule has 1 unspecified atom stereocenters. The van der Waals surface area contributed by atoms with Crippen LogP contribution in [0.2, 0.25) is 0 Å². The number of ether oxygens (including phenoxy) is 2. The van der Waals surface area contributed by atoms with E-state index in [4.69, 9.17) is 15.2 Å². The van der Waals surface area contributed by atoms with Crippen LogP contribution in [0.4, 0.5) is 4.79 Å². The van der Waals surface area contributed by atoms with E-state index in [9.17, 15) is 4.79 Å². The second-order valence-electron chi connectivity index (χ2n) is 4.41. The lowest BCUT2D eigenvalue weighted by atomic mass is 10.2. The minimum absolute atomic E-state index is 0.0548. The molecule has 1 fully saturated rings. The molecule has 0 aromatic rings. The second-order valence-corrected chi connectivity index (χ2v) is 4.41. The molecule has 0 aromatic carbocycles. The van der Waals surface area contributed by atoms with Crippen LogP contribution in [0.5, 0.6) is 0 Å². The predicted molar refractivity (Wildman–Crippen MR) is 66.4 cm³/mol. The topological polar surface area (TPSA) is 80.4 Å². The van der Waals surface area contributed by atoms with E-state index in [1.807, 2.05) is 6.92 Å². The van der Waals surface area contributed by atoms with E-state index < -0.39 is 0 Å². The van der Waals surface area contributed by atoms with Crippen molar-refractivity contribution in [3.8, 4) is 0 Å². The number of piperazine rings is 1. The van der Waals surface area contributed by atoms with Crippen LogP contribution in [0.3, 0.4) is 0 Å². The van der Waals surface area contributed by atoms with Gasteiger partial charge in [0.15, 0.2) is 0 Å². The molecule has 7 nitrogen and oxygen atoms in total. The van der Waals surface area contributed by atoms with Gasteiger partial charge in [-0.2, -0.15) is 0 Å². The van der Waals surface area contributed by atoms with E-state index in [1.165, 1.54) is 0 Å². The number of hydrogen-bond acceptors (Lipinski definition) is 6. The van der Waals surface area contributed by atoms with Crippen molar-refractivity contribution >= 4 is 12.1 Å². The summed E-state index contributed by atoms with van der Waals surface area (Å²) in [6.45, 7) is 6.73. The highest BCUT2D eigenvalue weighted by Gasteiger charge is 2.26. The van der Waals surface area contributed by atoms with Gasteiger partial charge in [-0.3, -0.25) is 4.90 Å². The number of nitrogens with two attached hydrogens (primary N) is 1. The minimum atomic E-state index is -0.221. The van der Waals surface area contributed by atoms with Crippen LogP contribution < -0.4 is 5.73 Å². The minimum Gasteiger partial charge on any atom is -0.459 e. The van der Waals surface area contributed by atoms with Crippen LogP contribution >= 0.6 is 0 Å². The summed E-state index contributed by atoms with van der Waals surface area (Å²) < 4.78 is 10.3. The molecule has 0 aromatic heterocycles. The Morgan fingerprint density at radius 1 is 1.50 bits per heavy atom. The maximum atomic E-state index is 11.5. The highest BCUT2D eigenvalue weighted by molar-refractivity contribution is 5.73. The van der Waals surface area contributed by atoms with E-state index in [2.05, 4.69) is 9.89 Å². The molecular formula is C11H20N4O3. The Morgan fingerprint density at radius 2 is 2.22 bits per heavy atom. The van der Waals surface area contributed by atoms with Crippen molar-refractivity contribution in [2.75, 3.05) is 45.9 Å². The van der Waals surface area contributed by atoms with Gasteiger partial charge in [0, 0.05) is 32.7 Å². The van der Waals surface area contributed by atoms with Gasteiger partial charge in [-0.25, -0.2) is 9.79 Å². The maximum Gasteiger partial charge on any atom is 0.409 e. The van der Waals surface area contributed by atoms with Gasteiger partial charge in [0.05, 0.1) is 13.2 Å². The number of carbonyl (C=O) groups is 1. The van der Waals surface area contributed by atoms with Crippen molar-refractivity contribution in [3.63, 3.8) is 0 Å². The molecule has 0 spiro atoms. The van der Waals surface area contributed by atoms with E-state index in [0.29, 0.717) is 26.2 Å². The molecule has 2 heterocycles. The molecule has 2 aliphatic heterocycles. The molecule has 0 aliphatic carbocycles. The lowest BCUT2D eigenvalue weighted by Gasteiger charge is -2.34. The van der Waals surface area contributed by atoms with Crippen LogP contribution in [0.15, 0.2) is 4.99 Å². The number of amidine groups is 1. The molecule has 102 valence electrons. The molecule has 2 N–H and O–H groups in total. The average Bonchev–Trinajstić information content (AvgIpc) is 2.76. The molecule has 1 atom stereocenters. The lowest BCUT2D eigenvalue weighted by molar-refractivity contribution is 0.0661. The second kappa shape index (κ2) is 5.90. The molecule has 7 heteroatoms. The van der Waals surface area contributed by atoms with E-state index in [-0.39, 0.29) is 18.2 Å². The third kappa shape index (κ3) is 3.25. The largest absolute Gasteiger partial charge is 0.459 e. The van der Waals surface area contributed by atoms with Crippen molar-refractivity contribution in [1.29, 1.82) is 0 Å². The van der Waals surface area contributed by atoms with Gasteiger partial charge in [-0.05, 0) is 6.92 Å². The monoisotopic (exact) mass is 256 g/mol. The molecule has 2 rings (SSSR count). The van der Waals surface area contributed by atoms with Crippen LogP contribution in [-0.2, 0) is 9.47 Å². The Labute approximate surface area is 107 Å². The predicted octanol–water partition coefficient (Wildman–Crippen LogP) is -0.526. The number of carbonyl (C=O) groups excluding carboxylic acids is 1. The first-order valence-electron chi connectivity index (χ1n) is 6.29. The summed E-state index contributed by atoms with van der Waals surface area (Å²) in [6.07, 6.45) is -0.166. The molecule has 0 radical (unpaired) electrons. The number of aliphatic imine (C=N–C) groups is 1. The SMILES string of the molecule is CCOC(=O)N1CCN(CC2CN=C(N)O2)CC1. The maximum absolute atomic E-state index is 11.5. The molecule has 1 amide bonds. The number of nitrogens with zero attached hydrogens (tertiary/aromatic N) is 3. The molecule has 18 heavy (non-hydrogen) atoms. The standard InChI is InChI=1S/C11H20N4O3/c1-2-17-11(16)15-5-3-14(4-6-15)8-9-7-13-10(12)18-9/h9H,2-8H2,1H3,(H2,12,13). The highest BCUT2D eigenvalue weighted by Crippen LogP contribution is 2.08. The van der Waals surface area contributed by atoms with Gasteiger partial charge >= 0.3 is 6.09 Å². The summed E-state index contributed by atoms with van der Waals surface area (Å²) in [7, 11) is 0. The first-order chi connectivity index (χ1) is 8.69. The van der Waals surface area contributed by atoms with Crippen molar-refractivity contribution in [2.45, 2.75) is 13.0 Å². The van der Waals surface area contributed by atoms with Crippen molar-refractivity contribution in [3.05, 3.63) is 0 Å². The third-order valence-corrected chi connectivity index (χ3v) is 3.10. The van der Waals surface area contributed by atoms with E-state index in [1.54, 1.807) is 4.90 Å². The third-order valence-electron chi connectivity index (χ3n) is 3.10. The molecular weight excluding hydrogens is 236 g/mol. The van der Waals surface area contributed by atoms with Crippen molar-refractivity contribution < 1.29 is 14.3 Å². The quantitative estimate of drug-likeness (QED) is 0.734. The summed E-state index contributed by atoms with van der Waals surface area (Å²) in [6, 6.07) is 0.283. The summed E-state index contributed by atoms with van der Waals surface area (Å²) in [5.74, 6) is 0. The van der Waals surface area contributed by atoms with Gasteiger partial charge < -0.3 is 20.1 Å². The van der Waals surface area contributed by atoms with Gasteiger partial charge in [0.25, 0.3) is 6.02 Å². The zero-order valence-corrected chi connectivity index (χ0v) is 10.7. The molecule has 1 saturated heterocycles. The molecule has 0 saturated carbocycles.